The highest BCUT2D eigenvalue weighted by Crippen LogP contribution is 2.49. The highest BCUT2D eigenvalue weighted by molar-refractivity contribution is 5.87. The van der Waals surface area contributed by atoms with E-state index in [1.807, 2.05) is 20.8 Å². The van der Waals surface area contributed by atoms with Crippen LogP contribution in [0.4, 0.5) is 8.78 Å². The van der Waals surface area contributed by atoms with E-state index in [2.05, 4.69) is 5.32 Å². The number of hydrogen-bond acceptors (Lipinski definition) is 3. The van der Waals surface area contributed by atoms with Crippen molar-refractivity contribution in [2.24, 2.45) is 5.92 Å². The van der Waals surface area contributed by atoms with Crippen molar-refractivity contribution in [3.05, 3.63) is 35.4 Å². The van der Waals surface area contributed by atoms with Gasteiger partial charge in [-0.15, -0.1) is 0 Å². The Balaban J connectivity index is 1.93. The largest absolute Gasteiger partial charge is 0.480 e. The summed E-state index contributed by atoms with van der Waals surface area (Å²) < 4.78 is 33.0. The van der Waals surface area contributed by atoms with Crippen LogP contribution in [0.3, 0.4) is 0 Å². The van der Waals surface area contributed by atoms with Gasteiger partial charge >= 0.3 is 5.97 Å². The van der Waals surface area contributed by atoms with E-state index in [9.17, 15) is 23.5 Å². The molecular weight excluding hydrogens is 332 g/mol. The average molecular weight is 355 g/mol. The van der Waals surface area contributed by atoms with Gasteiger partial charge in [0.15, 0.2) is 0 Å². The van der Waals surface area contributed by atoms with E-state index in [0.717, 1.165) is 12.1 Å². The van der Waals surface area contributed by atoms with Crippen LogP contribution in [-0.2, 0) is 14.3 Å². The van der Waals surface area contributed by atoms with E-state index >= 15 is 0 Å². The maximum absolute atomic E-state index is 13.8. The summed E-state index contributed by atoms with van der Waals surface area (Å²) in [6.07, 6.45) is 0.415. The number of nitrogens with one attached hydrogen (secondary N) is 1. The van der Waals surface area contributed by atoms with Gasteiger partial charge in [-0.1, -0.05) is 6.07 Å². The molecule has 1 saturated carbocycles. The molecule has 1 aliphatic carbocycles. The molecule has 5 nitrogen and oxygen atoms in total. The first-order valence-corrected chi connectivity index (χ1v) is 8.21. The molecule has 0 spiro atoms. The summed E-state index contributed by atoms with van der Waals surface area (Å²) in [5.41, 5.74) is -0.512. The monoisotopic (exact) mass is 355 g/mol. The highest BCUT2D eigenvalue weighted by atomic mass is 19.1. The van der Waals surface area contributed by atoms with E-state index in [0.29, 0.717) is 6.42 Å². The lowest BCUT2D eigenvalue weighted by Gasteiger charge is -2.21. The van der Waals surface area contributed by atoms with Crippen LogP contribution in [0.1, 0.15) is 45.1 Å². The zero-order valence-electron chi connectivity index (χ0n) is 14.5. The Morgan fingerprint density at radius 3 is 2.44 bits per heavy atom. The molecule has 1 aromatic rings. The van der Waals surface area contributed by atoms with Crippen LogP contribution in [0.15, 0.2) is 18.2 Å². The normalized spacial score (nSPS) is 20.8. The van der Waals surface area contributed by atoms with Crippen molar-refractivity contribution in [1.29, 1.82) is 0 Å². The van der Waals surface area contributed by atoms with E-state index < -0.39 is 47.0 Å². The highest BCUT2D eigenvalue weighted by Gasteiger charge is 2.47. The third-order valence-electron chi connectivity index (χ3n) is 4.05. The Labute approximate surface area is 145 Å². The number of carboxylic acid groups (broad SMARTS) is 1. The molecule has 138 valence electrons. The summed E-state index contributed by atoms with van der Waals surface area (Å²) in [5, 5.41) is 11.7. The van der Waals surface area contributed by atoms with Crippen molar-refractivity contribution in [3.63, 3.8) is 0 Å². The third-order valence-corrected chi connectivity index (χ3v) is 4.05. The molecule has 25 heavy (non-hydrogen) atoms. The fraction of sp³-hybridized carbons (Fsp3) is 0.556. The number of amides is 1. The Morgan fingerprint density at radius 1 is 1.32 bits per heavy atom. The number of hydrogen-bond donors (Lipinski definition) is 2. The van der Waals surface area contributed by atoms with E-state index in [1.165, 1.54) is 6.07 Å². The van der Waals surface area contributed by atoms with Gasteiger partial charge in [0.1, 0.15) is 17.7 Å². The van der Waals surface area contributed by atoms with Crippen LogP contribution >= 0.6 is 0 Å². The zero-order chi connectivity index (χ0) is 18.8. The van der Waals surface area contributed by atoms with Crippen LogP contribution in [0.5, 0.6) is 0 Å². The number of benzene rings is 1. The molecule has 0 heterocycles. The molecule has 3 unspecified atom stereocenters. The summed E-state index contributed by atoms with van der Waals surface area (Å²) in [6, 6.07) is 2.47. The second kappa shape index (κ2) is 7.47. The Bertz CT molecular complexity index is 637. The summed E-state index contributed by atoms with van der Waals surface area (Å²) in [4.78, 5) is 23.5. The maximum atomic E-state index is 13.8. The van der Waals surface area contributed by atoms with Gasteiger partial charge in [0.05, 0.1) is 5.60 Å². The molecule has 0 bridgehead atoms. The quantitative estimate of drug-likeness (QED) is 0.789. The van der Waals surface area contributed by atoms with Crippen LogP contribution in [-0.4, -0.2) is 35.2 Å². The predicted molar refractivity (Wildman–Crippen MR) is 87.1 cm³/mol. The molecule has 0 aromatic heterocycles. The molecule has 2 N–H and O–H groups in total. The minimum Gasteiger partial charge on any atom is -0.480 e. The molecule has 2 rings (SSSR count). The fourth-order valence-corrected chi connectivity index (χ4v) is 2.69. The molecule has 0 aliphatic heterocycles. The van der Waals surface area contributed by atoms with Gasteiger partial charge in [0.25, 0.3) is 0 Å². The first-order valence-electron chi connectivity index (χ1n) is 8.21. The van der Waals surface area contributed by atoms with Gasteiger partial charge in [-0.2, -0.15) is 0 Å². The number of aliphatic carboxylic acids is 1. The summed E-state index contributed by atoms with van der Waals surface area (Å²) in [7, 11) is 0. The fourth-order valence-electron chi connectivity index (χ4n) is 2.69. The van der Waals surface area contributed by atoms with Crippen molar-refractivity contribution < 1.29 is 28.2 Å². The van der Waals surface area contributed by atoms with E-state index in [-0.39, 0.29) is 18.6 Å². The number of carbonyl (C=O) groups is 2. The van der Waals surface area contributed by atoms with Crippen LogP contribution in [0.2, 0.25) is 0 Å². The third kappa shape index (κ3) is 5.22. The average Bonchev–Trinajstić information content (AvgIpc) is 3.24. The molecule has 0 saturated heterocycles. The lowest BCUT2D eigenvalue weighted by atomic mass is 10.1. The summed E-state index contributed by atoms with van der Waals surface area (Å²) >= 11 is 0. The first kappa shape index (κ1) is 19.3. The van der Waals surface area contributed by atoms with Gasteiger partial charge < -0.3 is 15.2 Å². The van der Waals surface area contributed by atoms with Crippen LogP contribution in [0.25, 0.3) is 0 Å². The van der Waals surface area contributed by atoms with E-state index in [4.69, 9.17) is 4.74 Å². The first-order chi connectivity index (χ1) is 11.6. The molecule has 1 amide bonds. The topological polar surface area (TPSA) is 75.6 Å². The van der Waals surface area contributed by atoms with Crippen LogP contribution < -0.4 is 5.32 Å². The molecular formula is C18H23F2NO4. The second-order valence-electron chi connectivity index (χ2n) is 7.23. The molecule has 1 aliphatic rings. The number of halogens is 2. The van der Waals surface area contributed by atoms with Crippen molar-refractivity contribution in [3.8, 4) is 0 Å². The lowest BCUT2D eigenvalue weighted by molar-refractivity contribution is -0.143. The summed E-state index contributed by atoms with van der Waals surface area (Å²) in [6.45, 7) is 5.72. The van der Waals surface area contributed by atoms with Crippen molar-refractivity contribution in [2.75, 3.05) is 6.61 Å². The van der Waals surface area contributed by atoms with Gasteiger partial charge in [0.2, 0.25) is 5.91 Å². The smallest absolute Gasteiger partial charge is 0.326 e. The maximum Gasteiger partial charge on any atom is 0.326 e. The zero-order valence-corrected chi connectivity index (χ0v) is 14.5. The van der Waals surface area contributed by atoms with Crippen LogP contribution in [0, 0.1) is 17.6 Å². The predicted octanol–water partition coefficient (Wildman–Crippen LogP) is 2.84. The van der Waals surface area contributed by atoms with Gasteiger partial charge in [-0.3, -0.25) is 4.79 Å². The number of carbonyl (C=O) groups excluding carboxylic acids is 1. The van der Waals surface area contributed by atoms with Gasteiger partial charge in [0, 0.05) is 30.4 Å². The number of rotatable bonds is 7. The SMILES string of the molecule is CC(C)(C)OCCC(NC(=O)C1CC1c1c(F)cccc1F)C(=O)O. The number of carboxylic acids is 1. The second-order valence-corrected chi connectivity index (χ2v) is 7.23. The molecule has 7 heteroatoms. The molecule has 1 aromatic carbocycles. The van der Waals surface area contributed by atoms with Crippen molar-refractivity contribution in [2.45, 2.75) is 51.2 Å². The minimum absolute atomic E-state index is 0.106. The van der Waals surface area contributed by atoms with E-state index in [1.54, 1.807) is 0 Å². The molecule has 3 atom stereocenters. The van der Waals surface area contributed by atoms with Crippen molar-refractivity contribution >= 4 is 11.9 Å². The Hall–Kier alpha value is -2.02. The number of ether oxygens (including phenoxy) is 1. The molecule has 0 radical (unpaired) electrons. The summed E-state index contributed by atoms with van der Waals surface area (Å²) in [5.74, 6) is -4.21. The minimum atomic E-state index is -1.17. The van der Waals surface area contributed by atoms with Gasteiger partial charge in [-0.05, 0) is 39.3 Å². The van der Waals surface area contributed by atoms with Crippen molar-refractivity contribution in [1.82, 2.24) is 5.32 Å². The standard InChI is InChI=1S/C18H23F2NO4/c1-18(2,3)25-8-7-14(17(23)24)21-16(22)11-9-10(11)15-12(19)5-4-6-13(15)20/h4-6,10-11,14H,7-9H2,1-3H3,(H,21,22)(H,23,24). The van der Waals surface area contributed by atoms with Gasteiger partial charge in [-0.25, -0.2) is 13.6 Å². The lowest BCUT2D eigenvalue weighted by Crippen LogP contribution is -2.42. The Morgan fingerprint density at radius 2 is 1.92 bits per heavy atom. The molecule has 1 fully saturated rings. The Kier molecular flexibility index (Phi) is 5.77.